The molecule has 0 amide bonds. The molecule has 0 saturated heterocycles. The van der Waals surface area contributed by atoms with Gasteiger partial charge in [-0.05, 0) is 36.9 Å². The van der Waals surface area contributed by atoms with Crippen LogP contribution < -0.4 is 5.32 Å². The number of aromatic nitrogens is 1. The molecule has 1 aromatic carbocycles. The quantitative estimate of drug-likeness (QED) is 0.849. The lowest BCUT2D eigenvalue weighted by Gasteiger charge is -2.11. The van der Waals surface area contributed by atoms with Gasteiger partial charge in [-0.3, -0.25) is 0 Å². The fourth-order valence-electron chi connectivity index (χ4n) is 1.67. The lowest BCUT2D eigenvalue weighted by atomic mass is 10.1. The van der Waals surface area contributed by atoms with E-state index in [1.165, 1.54) is 0 Å². The van der Waals surface area contributed by atoms with Crippen molar-refractivity contribution in [2.45, 2.75) is 11.8 Å². The monoisotopic (exact) mass is 255 g/mol. The SMILES string of the molecule is CSc1ccccc1Nc1nccc(C)c1C#N. The minimum Gasteiger partial charge on any atom is -0.338 e. The molecule has 18 heavy (non-hydrogen) atoms. The molecule has 1 N–H and O–H groups in total. The van der Waals surface area contributed by atoms with Crippen molar-refractivity contribution in [1.29, 1.82) is 5.26 Å². The fourth-order valence-corrected chi connectivity index (χ4v) is 2.22. The van der Waals surface area contributed by atoms with Gasteiger partial charge in [0.1, 0.15) is 11.9 Å². The largest absolute Gasteiger partial charge is 0.338 e. The van der Waals surface area contributed by atoms with Crippen molar-refractivity contribution in [2.24, 2.45) is 0 Å². The van der Waals surface area contributed by atoms with E-state index < -0.39 is 0 Å². The van der Waals surface area contributed by atoms with Crippen LogP contribution in [0.5, 0.6) is 0 Å². The number of nitrogens with zero attached hydrogens (tertiary/aromatic N) is 2. The zero-order valence-electron chi connectivity index (χ0n) is 10.3. The number of anilines is 2. The molecular formula is C14H13N3S. The Balaban J connectivity index is 2.41. The van der Waals surface area contributed by atoms with Crippen LogP contribution >= 0.6 is 11.8 Å². The Morgan fingerprint density at radius 2 is 2.06 bits per heavy atom. The van der Waals surface area contributed by atoms with E-state index in [2.05, 4.69) is 16.4 Å². The number of para-hydroxylation sites is 1. The molecule has 0 unspecified atom stereocenters. The molecule has 2 rings (SSSR count). The third-order valence-corrected chi connectivity index (χ3v) is 3.43. The summed E-state index contributed by atoms with van der Waals surface area (Å²) < 4.78 is 0. The normalized spacial score (nSPS) is 9.83. The molecule has 1 heterocycles. The van der Waals surface area contributed by atoms with Gasteiger partial charge in [0.15, 0.2) is 0 Å². The van der Waals surface area contributed by atoms with Crippen molar-refractivity contribution >= 4 is 23.3 Å². The average Bonchev–Trinajstić information content (AvgIpc) is 2.40. The molecule has 0 aliphatic carbocycles. The van der Waals surface area contributed by atoms with Gasteiger partial charge in [0.25, 0.3) is 0 Å². The molecule has 0 radical (unpaired) electrons. The highest BCUT2D eigenvalue weighted by Gasteiger charge is 2.08. The van der Waals surface area contributed by atoms with Crippen LogP contribution in [0.15, 0.2) is 41.4 Å². The summed E-state index contributed by atoms with van der Waals surface area (Å²) in [7, 11) is 0. The summed E-state index contributed by atoms with van der Waals surface area (Å²) in [6, 6.07) is 12.0. The third-order valence-electron chi connectivity index (χ3n) is 2.63. The van der Waals surface area contributed by atoms with Crippen LogP contribution in [0.3, 0.4) is 0 Å². The topological polar surface area (TPSA) is 48.7 Å². The number of rotatable bonds is 3. The van der Waals surface area contributed by atoms with Crippen molar-refractivity contribution in [1.82, 2.24) is 4.98 Å². The van der Waals surface area contributed by atoms with Gasteiger partial charge in [-0.25, -0.2) is 4.98 Å². The first-order valence-electron chi connectivity index (χ1n) is 5.52. The maximum absolute atomic E-state index is 9.17. The van der Waals surface area contributed by atoms with Crippen molar-refractivity contribution < 1.29 is 0 Å². The minimum atomic E-state index is 0.591. The minimum absolute atomic E-state index is 0.591. The molecule has 90 valence electrons. The highest BCUT2D eigenvalue weighted by molar-refractivity contribution is 7.98. The van der Waals surface area contributed by atoms with Crippen LogP contribution in [0.25, 0.3) is 0 Å². The average molecular weight is 255 g/mol. The molecule has 0 aliphatic rings. The van der Waals surface area contributed by atoms with E-state index in [0.29, 0.717) is 11.4 Å². The molecule has 0 spiro atoms. The van der Waals surface area contributed by atoms with Crippen molar-refractivity contribution in [3.63, 3.8) is 0 Å². The van der Waals surface area contributed by atoms with Crippen LogP contribution in [0.4, 0.5) is 11.5 Å². The summed E-state index contributed by atoms with van der Waals surface area (Å²) in [5.74, 6) is 0.610. The molecule has 0 atom stereocenters. The van der Waals surface area contributed by atoms with E-state index in [1.54, 1.807) is 18.0 Å². The fraction of sp³-hybridized carbons (Fsp3) is 0.143. The number of benzene rings is 1. The van der Waals surface area contributed by atoms with Crippen LogP contribution in [0.2, 0.25) is 0 Å². The molecule has 3 nitrogen and oxygen atoms in total. The van der Waals surface area contributed by atoms with Crippen molar-refractivity contribution in [2.75, 3.05) is 11.6 Å². The van der Waals surface area contributed by atoms with Crippen LogP contribution in [-0.2, 0) is 0 Å². The first kappa shape index (κ1) is 12.5. The van der Waals surface area contributed by atoms with Gasteiger partial charge in [0.05, 0.1) is 11.3 Å². The Hall–Kier alpha value is -1.99. The summed E-state index contributed by atoms with van der Waals surface area (Å²) in [5.41, 5.74) is 2.49. The Kier molecular flexibility index (Phi) is 3.85. The van der Waals surface area contributed by atoms with Gasteiger partial charge in [-0.1, -0.05) is 12.1 Å². The smallest absolute Gasteiger partial charge is 0.148 e. The zero-order valence-corrected chi connectivity index (χ0v) is 11.1. The highest BCUT2D eigenvalue weighted by atomic mass is 32.2. The number of aryl methyl sites for hydroxylation is 1. The number of hydrogen-bond donors (Lipinski definition) is 1. The summed E-state index contributed by atoms with van der Waals surface area (Å²) in [6.07, 6.45) is 3.73. The summed E-state index contributed by atoms with van der Waals surface area (Å²) in [6.45, 7) is 1.91. The van der Waals surface area contributed by atoms with Gasteiger partial charge in [0.2, 0.25) is 0 Å². The van der Waals surface area contributed by atoms with Gasteiger partial charge in [-0.2, -0.15) is 5.26 Å². The second-order valence-electron chi connectivity index (χ2n) is 3.79. The van der Waals surface area contributed by atoms with Gasteiger partial charge in [-0.15, -0.1) is 11.8 Å². The van der Waals surface area contributed by atoms with E-state index in [4.69, 9.17) is 5.26 Å². The lowest BCUT2D eigenvalue weighted by Crippen LogP contribution is -1.99. The number of nitrogens with one attached hydrogen (secondary N) is 1. The summed E-state index contributed by atoms with van der Waals surface area (Å²) in [5, 5.41) is 12.4. The van der Waals surface area contributed by atoms with E-state index in [9.17, 15) is 0 Å². The van der Waals surface area contributed by atoms with Crippen molar-refractivity contribution in [3.8, 4) is 6.07 Å². The Morgan fingerprint density at radius 1 is 1.28 bits per heavy atom. The van der Waals surface area contributed by atoms with Crippen molar-refractivity contribution in [3.05, 3.63) is 47.7 Å². The van der Waals surface area contributed by atoms with Crippen LogP contribution in [0.1, 0.15) is 11.1 Å². The summed E-state index contributed by atoms with van der Waals surface area (Å²) in [4.78, 5) is 5.37. The Morgan fingerprint density at radius 3 is 2.78 bits per heavy atom. The molecule has 1 aromatic heterocycles. The first-order chi connectivity index (χ1) is 8.76. The number of pyridine rings is 1. The van der Waals surface area contributed by atoms with E-state index in [-0.39, 0.29) is 0 Å². The molecule has 0 fully saturated rings. The van der Waals surface area contributed by atoms with E-state index >= 15 is 0 Å². The molecule has 0 bridgehead atoms. The number of hydrogen-bond acceptors (Lipinski definition) is 4. The number of thioether (sulfide) groups is 1. The zero-order chi connectivity index (χ0) is 13.0. The molecule has 0 aliphatic heterocycles. The van der Waals surface area contributed by atoms with Crippen LogP contribution in [-0.4, -0.2) is 11.2 Å². The second-order valence-corrected chi connectivity index (χ2v) is 4.64. The standard InChI is InChI=1S/C14H13N3S/c1-10-7-8-16-14(11(10)9-15)17-12-5-3-4-6-13(12)18-2/h3-8H,1-2H3,(H,16,17). The van der Waals surface area contributed by atoms with Crippen LogP contribution in [0, 0.1) is 18.3 Å². The number of nitriles is 1. The highest BCUT2D eigenvalue weighted by Crippen LogP contribution is 2.28. The Bertz CT molecular complexity index is 602. The van der Waals surface area contributed by atoms with E-state index in [1.807, 2.05) is 43.5 Å². The lowest BCUT2D eigenvalue weighted by molar-refractivity contribution is 1.23. The molecule has 4 heteroatoms. The molecule has 2 aromatic rings. The predicted octanol–water partition coefficient (Wildman–Crippen LogP) is 3.73. The maximum atomic E-state index is 9.17. The predicted molar refractivity (Wildman–Crippen MR) is 75.2 cm³/mol. The summed E-state index contributed by atoms with van der Waals surface area (Å²) >= 11 is 1.66. The van der Waals surface area contributed by atoms with E-state index in [0.717, 1.165) is 16.1 Å². The molecule has 0 saturated carbocycles. The second kappa shape index (κ2) is 5.56. The molecular weight excluding hydrogens is 242 g/mol. The van der Waals surface area contributed by atoms with Gasteiger partial charge < -0.3 is 5.32 Å². The first-order valence-corrected chi connectivity index (χ1v) is 6.74. The van der Waals surface area contributed by atoms with Gasteiger partial charge >= 0.3 is 0 Å². The third kappa shape index (κ3) is 2.47. The maximum Gasteiger partial charge on any atom is 0.148 e. The van der Waals surface area contributed by atoms with Gasteiger partial charge in [0, 0.05) is 11.1 Å². The Labute approximate surface area is 111 Å².